The maximum atomic E-state index is 12.8. The molecule has 2 amide bonds. The first-order valence-corrected chi connectivity index (χ1v) is 15.2. The zero-order valence-electron chi connectivity index (χ0n) is 25.2. The van der Waals surface area contributed by atoms with Gasteiger partial charge in [-0.1, -0.05) is 72.0 Å². The summed E-state index contributed by atoms with van der Waals surface area (Å²) in [6.45, 7) is 4.83. The third kappa shape index (κ3) is 9.71. The molecular weight excluding hydrogens is 594 g/mol. The van der Waals surface area contributed by atoms with Crippen molar-refractivity contribution in [1.82, 2.24) is 15.2 Å². The summed E-state index contributed by atoms with van der Waals surface area (Å²) in [5.74, 6) is 10.7. The van der Waals surface area contributed by atoms with Gasteiger partial charge in [0.1, 0.15) is 6.54 Å². The van der Waals surface area contributed by atoms with Crippen LogP contribution in [0.15, 0.2) is 72.8 Å². The van der Waals surface area contributed by atoms with Crippen LogP contribution in [0.2, 0.25) is 5.02 Å². The lowest BCUT2D eigenvalue weighted by Gasteiger charge is -2.41. The number of nitrogens with one attached hydrogen (secondary N) is 1. The Bertz CT molecular complexity index is 1520. The molecule has 10 nitrogen and oxygen atoms in total. The fraction of sp³-hybridized carbons (Fsp3) is 0.324. The van der Waals surface area contributed by atoms with E-state index >= 15 is 0 Å². The van der Waals surface area contributed by atoms with E-state index in [9.17, 15) is 14.4 Å². The molecule has 0 unspecified atom stereocenters. The second kappa shape index (κ2) is 16.5. The topological polar surface area (TPSA) is 128 Å². The van der Waals surface area contributed by atoms with E-state index in [1.54, 1.807) is 6.92 Å². The van der Waals surface area contributed by atoms with Crippen molar-refractivity contribution in [3.8, 4) is 11.8 Å². The van der Waals surface area contributed by atoms with Crippen molar-refractivity contribution in [2.24, 2.45) is 5.84 Å². The Morgan fingerprint density at radius 3 is 2.38 bits per heavy atom. The number of hydrogen-bond acceptors (Lipinski definition) is 7. The standard InChI is InChI=1S/C34H38ClN5O5/c1-2-45-32(42)24-37-31(41)23-28-12-11-25(8-6-7-17-40(36)34(43)44)22-30(28)38-18-20-39(21-19-38)33(26-9-4-3-5-10-26)27-13-15-29(35)16-14-27/h3-5,9-16,22,33H,2,7,17-21,23-24,36H2,1H3,(H,37,41)(H,43,44)/t33-/m1/s1. The molecule has 4 N–H and O–H groups in total. The average molecular weight is 632 g/mol. The summed E-state index contributed by atoms with van der Waals surface area (Å²) in [5, 5.41) is 13.0. The number of carbonyl (C=O) groups excluding carboxylic acids is 2. The fourth-order valence-electron chi connectivity index (χ4n) is 5.26. The monoisotopic (exact) mass is 631 g/mol. The summed E-state index contributed by atoms with van der Waals surface area (Å²) in [5.41, 5.74) is 4.80. The van der Waals surface area contributed by atoms with E-state index in [1.165, 1.54) is 5.56 Å². The van der Waals surface area contributed by atoms with Gasteiger partial charge in [-0.3, -0.25) is 14.5 Å². The molecule has 3 aromatic carbocycles. The summed E-state index contributed by atoms with van der Waals surface area (Å²) in [6, 6.07) is 24.1. The number of rotatable bonds is 11. The minimum Gasteiger partial charge on any atom is -0.465 e. The summed E-state index contributed by atoms with van der Waals surface area (Å²) >= 11 is 6.20. The highest BCUT2D eigenvalue weighted by molar-refractivity contribution is 6.30. The molecule has 3 aromatic rings. The van der Waals surface area contributed by atoms with Crippen LogP contribution >= 0.6 is 11.6 Å². The molecule has 0 radical (unpaired) electrons. The number of hydrazine groups is 1. The van der Waals surface area contributed by atoms with Crippen molar-refractivity contribution in [1.29, 1.82) is 0 Å². The summed E-state index contributed by atoms with van der Waals surface area (Å²) in [7, 11) is 0. The van der Waals surface area contributed by atoms with Gasteiger partial charge in [0.2, 0.25) is 5.91 Å². The zero-order valence-corrected chi connectivity index (χ0v) is 26.0. The third-order valence-corrected chi connectivity index (χ3v) is 7.70. The van der Waals surface area contributed by atoms with Gasteiger partial charge in [-0.25, -0.2) is 15.6 Å². The molecule has 0 aliphatic carbocycles. The van der Waals surface area contributed by atoms with Crippen LogP contribution in [-0.2, 0) is 20.7 Å². The Morgan fingerprint density at radius 1 is 1.02 bits per heavy atom. The molecule has 1 aliphatic heterocycles. The lowest BCUT2D eigenvalue weighted by atomic mass is 9.96. The van der Waals surface area contributed by atoms with Crippen molar-refractivity contribution in [3.63, 3.8) is 0 Å². The van der Waals surface area contributed by atoms with E-state index in [1.807, 2.05) is 48.5 Å². The van der Waals surface area contributed by atoms with Crippen LogP contribution in [0.25, 0.3) is 0 Å². The molecule has 1 heterocycles. The van der Waals surface area contributed by atoms with Gasteiger partial charge in [0.15, 0.2) is 0 Å². The van der Waals surface area contributed by atoms with Gasteiger partial charge in [0.25, 0.3) is 0 Å². The predicted octanol–water partition coefficient (Wildman–Crippen LogP) is 4.07. The van der Waals surface area contributed by atoms with Crippen LogP contribution in [0.3, 0.4) is 0 Å². The Labute approximate surface area is 268 Å². The van der Waals surface area contributed by atoms with Gasteiger partial charge in [-0.15, -0.1) is 0 Å². The van der Waals surface area contributed by atoms with Crippen LogP contribution in [-0.4, -0.2) is 78.9 Å². The first-order chi connectivity index (χ1) is 21.7. The van der Waals surface area contributed by atoms with Crippen LogP contribution in [0.1, 0.15) is 41.6 Å². The highest BCUT2D eigenvalue weighted by atomic mass is 35.5. The number of hydrogen-bond donors (Lipinski definition) is 3. The lowest BCUT2D eigenvalue weighted by Crippen LogP contribution is -2.48. The first-order valence-electron chi connectivity index (χ1n) is 14.8. The van der Waals surface area contributed by atoms with Crippen molar-refractivity contribution >= 4 is 35.3 Å². The Balaban J connectivity index is 1.53. The minimum absolute atomic E-state index is 0.0591. The molecule has 1 saturated heterocycles. The largest absolute Gasteiger partial charge is 0.465 e. The van der Waals surface area contributed by atoms with Crippen LogP contribution < -0.4 is 16.1 Å². The van der Waals surface area contributed by atoms with Gasteiger partial charge in [-0.05, 0) is 47.9 Å². The Morgan fingerprint density at radius 2 is 1.71 bits per heavy atom. The Hall–Kier alpha value is -4.56. The fourth-order valence-corrected chi connectivity index (χ4v) is 5.38. The molecule has 1 aliphatic rings. The second-order valence-electron chi connectivity index (χ2n) is 10.5. The molecule has 45 heavy (non-hydrogen) atoms. The van der Waals surface area contributed by atoms with Gasteiger partial charge in [-0.2, -0.15) is 0 Å². The van der Waals surface area contributed by atoms with E-state index in [-0.39, 0.29) is 44.5 Å². The Kier molecular flexibility index (Phi) is 12.2. The summed E-state index contributed by atoms with van der Waals surface area (Å²) in [4.78, 5) is 40.2. The summed E-state index contributed by atoms with van der Waals surface area (Å²) in [6.07, 6.45) is -0.851. The molecular formula is C34H38ClN5O5. The molecule has 1 atom stereocenters. The van der Waals surface area contributed by atoms with Gasteiger partial charge < -0.3 is 20.1 Å². The number of ether oxygens (including phenoxy) is 1. The number of carboxylic acid groups (broad SMARTS) is 1. The number of halogens is 1. The molecule has 0 bridgehead atoms. The number of esters is 1. The first kappa shape index (κ1) is 33.3. The van der Waals surface area contributed by atoms with Crippen molar-refractivity contribution in [2.45, 2.75) is 25.8 Å². The number of piperazine rings is 1. The maximum absolute atomic E-state index is 12.8. The highest BCUT2D eigenvalue weighted by Crippen LogP contribution is 2.32. The van der Waals surface area contributed by atoms with Crippen LogP contribution in [0.5, 0.6) is 0 Å². The summed E-state index contributed by atoms with van der Waals surface area (Å²) < 4.78 is 4.92. The van der Waals surface area contributed by atoms with E-state index in [2.05, 4.69) is 51.2 Å². The zero-order chi connectivity index (χ0) is 32.2. The molecule has 11 heteroatoms. The van der Waals surface area contributed by atoms with Gasteiger partial charge in [0, 0.05) is 48.9 Å². The van der Waals surface area contributed by atoms with Crippen molar-refractivity contribution < 1.29 is 24.2 Å². The molecule has 0 spiro atoms. The van der Waals surface area contributed by atoms with Crippen LogP contribution in [0, 0.1) is 11.8 Å². The molecule has 236 valence electrons. The normalized spacial score (nSPS) is 13.7. The third-order valence-electron chi connectivity index (χ3n) is 7.45. The number of nitrogens with two attached hydrogens (primary N) is 1. The van der Waals surface area contributed by atoms with Gasteiger partial charge in [0.05, 0.1) is 25.6 Å². The number of anilines is 1. The maximum Gasteiger partial charge on any atom is 0.421 e. The van der Waals surface area contributed by atoms with Gasteiger partial charge >= 0.3 is 12.1 Å². The van der Waals surface area contributed by atoms with E-state index in [4.69, 9.17) is 27.3 Å². The molecule has 4 rings (SSSR count). The quantitative estimate of drug-likeness (QED) is 0.0950. The molecule has 1 fully saturated rings. The number of benzene rings is 3. The molecule has 0 aromatic heterocycles. The van der Waals surface area contributed by atoms with Crippen molar-refractivity contribution in [3.05, 3.63) is 100 Å². The number of amides is 2. The second-order valence-corrected chi connectivity index (χ2v) is 11.0. The van der Waals surface area contributed by atoms with E-state index in [0.717, 1.165) is 35.5 Å². The lowest BCUT2D eigenvalue weighted by molar-refractivity contribution is -0.143. The van der Waals surface area contributed by atoms with E-state index in [0.29, 0.717) is 23.1 Å². The number of carbonyl (C=O) groups is 3. The minimum atomic E-state index is -1.21. The van der Waals surface area contributed by atoms with Crippen molar-refractivity contribution in [2.75, 3.05) is 50.8 Å². The number of nitrogens with zero attached hydrogens (tertiary/aromatic N) is 3. The predicted molar refractivity (Wildman–Crippen MR) is 174 cm³/mol. The van der Waals surface area contributed by atoms with E-state index < -0.39 is 12.1 Å². The average Bonchev–Trinajstić information content (AvgIpc) is 3.04. The van der Waals surface area contributed by atoms with Crippen LogP contribution in [0.4, 0.5) is 10.5 Å². The smallest absolute Gasteiger partial charge is 0.421 e. The highest BCUT2D eigenvalue weighted by Gasteiger charge is 2.27. The molecule has 0 saturated carbocycles. The SMILES string of the molecule is CCOC(=O)CNC(=O)Cc1ccc(C#CCCN(N)C(=O)O)cc1N1CCN([C@H](c2ccccc2)c2ccc(Cl)cc2)CC1.